The number of anilines is 1. The third-order valence-corrected chi connectivity index (χ3v) is 2.72. The highest BCUT2D eigenvalue weighted by Gasteiger charge is 2.21. The molecule has 1 aliphatic rings. The van der Waals surface area contributed by atoms with E-state index < -0.39 is 0 Å². The van der Waals surface area contributed by atoms with E-state index in [1.807, 2.05) is 18.2 Å². The summed E-state index contributed by atoms with van der Waals surface area (Å²) in [5.41, 5.74) is 0.826. The van der Waals surface area contributed by atoms with E-state index in [9.17, 15) is 4.39 Å². The second-order valence-corrected chi connectivity index (χ2v) is 3.89. The van der Waals surface area contributed by atoms with Gasteiger partial charge in [-0.25, -0.2) is 9.37 Å². The molecule has 1 atom stereocenters. The molecule has 0 amide bonds. The summed E-state index contributed by atoms with van der Waals surface area (Å²) in [6.45, 7) is 0.591. The Morgan fingerprint density at radius 2 is 2.24 bits per heavy atom. The van der Waals surface area contributed by atoms with Crippen molar-refractivity contribution in [3.8, 4) is 5.75 Å². The molecule has 1 aromatic heterocycles. The summed E-state index contributed by atoms with van der Waals surface area (Å²) in [5, 5.41) is 3.17. The summed E-state index contributed by atoms with van der Waals surface area (Å²) >= 11 is 0. The van der Waals surface area contributed by atoms with Crippen LogP contribution < -0.4 is 10.1 Å². The summed E-state index contributed by atoms with van der Waals surface area (Å²) < 4.78 is 18.9. The van der Waals surface area contributed by atoms with Gasteiger partial charge in [-0.1, -0.05) is 12.1 Å². The van der Waals surface area contributed by atoms with Crippen LogP contribution in [-0.4, -0.2) is 11.5 Å². The Morgan fingerprint density at radius 1 is 1.29 bits per heavy atom. The molecule has 0 bridgehead atoms. The molecule has 0 saturated heterocycles. The normalized spacial score (nSPS) is 17.8. The van der Waals surface area contributed by atoms with Crippen molar-refractivity contribution in [1.29, 1.82) is 0 Å². The number of benzene rings is 1. The number of ether oxygens (including phenoxy) is 1. The zero-order valence-corrected chi connectivity index (χ0v) is 9.06. The summed E-state index contributed by atoms with van der Waals surface area (Å²) in [6.07, 6.45) is 1.53. The van der Waals surface area contributed by atoms with Crippen LogP contribution in [0.1, 0.15) is 11.7 Å². The van der Waals surface area contributed by atoms with E-state index in [1.54, 1.807) is 12.3 Å². The number of nitrogens with one attached hydrogen (secondary N) is 1. The largest absolute Gasteiger partial charge is 0.480 e. The van der Waals surface area contributed by atoms with Gasteiger partial charge in [0.25, 0.3) is 0 Å². The van der Waals surface area contributed by atoms with Crippen LogP contribution in [0.3, 0.4) is 0 Å². The fraction of sp³-hybridized carbons (Fsp3) is 0.154. The number of pyridine rings is 1. The maximum Gasteiger partial charge on any atom is 0.168 e. The van der Waals surface area contributed by atoms with Gasteiger partial charge in [-0.05, 0) is 29.8 Å². The minimum atomic E-state index is -0.247. The number of halogens is 1. The number of hydrogen-bond acceptors (Lipinski definition) is 3. The molecule has 1 unspecified atom stereocenters. The lowest BCUT2D eigenvalue weighted by Gasteiger charge is -2.26. The third kappa shape index (κ3) is 1.93. The number of aromatic nitrogens is 1. The molecular formula is C13H11FN2O. The Morgan fingerprint density at radius 3 is 3.12 bits per heavy atom. The molecule has 4 heteroatoms. The summed E-state index contributed by atoms with van der Waals surface area (Å²) in [6, 6.07) is 10.1. The van der Waals surface area contributed by atoms with Gasteiger partial charge in [0.1, 0.15) is 11.9 Å². The van der Waals surface area contributed by atoms with E-state index in [2.05, 4.69) is 10.3 Å². The molecule has 1 aromatic carbocycles. The van der Waals surface area contributed by atoms with Crippen molar-refractivity contribution in [2.24, 2.45) is 0 Å². The topological polar surface area (TPSA) is 34.2 Å². The van der Waals surface area contributed by atoms with E-state index in [0.717, 1.165) is 11.4 Å². The fourth-order valence-electron chi connectivity index (χ4n) is 1.90. The van der Waals surface area contributed by atoms with Crippen LogP contribution in [0.25, 0.3) is 0 Å². The van der Waals surface area contributed by atoms with Gasteiger partial charge in [-0.15, -0.1) is 0 Å². The molecule has 2 heterocycles. The Hall–Kier alpha value is -2.10. The standard InChI is InChI=1S/C13H11FN2O/c14-10-4-1-3-9(7-10)12-8-16-13-11(17-12)5-2-6-15-13/h1-7,12H,8H2,(H,15,16). The lowest BCUT2D eigenvalue weighted by molar-refractivity contribution is 0.208. The highest BCUT2D eigenvalue weighted by atomic mass is 19.1. The predicted molar refractivity (Wildman–Crippen MR) is 62.5 cm³/mol. The first-order valence-corrected chi connectivity index (χ1v) is 5.44. The van der Waals surface area contributed by atoms with Crippen molar-refractivity contribution in [3.63, 3.8) is 0 Å². The van der Waals surface area contributed by atoms with Crippen LogP contribution in [-0.2, 0) is 0 Å². The van der Waals surface area contributed by atoms with Gasteiger partial charge in [0, 0.05) is 6.20 Å². The smallest absolute Gasteiger partial charge is 0.168 e. The molecule has 2 aromatic rings. The molecule has 3 rings (SSSR count). The van der Waals surface area contributed by atoms with Crippen molar-refractivity contribution in [1.82, 2.24) is 4.98 Å². The monoisotopic (exact) mass is 230 g/mol. The average molecular weight is 230 g/mol. The predicted octanol–water partition coefficient (Wildman–Crippen LogP) is 2.77. The maximum atomic E-state index is 13.1. The van der Waals surface area contributed by atoms with Gasteiger partial charge in [0.2, 0.25) is 0 Å². The Labute approximate surface area is 98.3 Å². The Kier molecular flexibility index (Phi) is 2.40. The zero-order chi connectivity index (χ0) is 11.7. The van der Waals surface area contributed by atoms with Gasteiger partial charge in [-0.3, -0.25) is 0 Å². The minimum Gasteiger partial charge on any atom is -0.480 e. The van der Waals surface area contributed by atoms with Gasteiger partial charge in [0.15, 0.2) is 11.6 Å². The second-order valence-electron chi connectivity index (χ2n) is 3.89. The van der Waals surface area contributed by atoms with Crippen molar-refractivity contribution < 1.29 is 9.13 Å². The van der Waals surface area contributed by atoms with Crippen molar-refractivity contribution in [2.75, 3.05) is 11.9 Å². The van der Waals surface area contributed by atoms with E-state index in [1.165, 1.54) is 12.1 Å². The first-order valence-electron chi connectivity index (χ1n) is 5.44. The van der Waals surface area contributed by atoms with Crippen molar-refractivity contribution in [2.45, 2.75) is 6.10 Å². The lowest BCUT2D eigenvalue weighted by atomic mass is 10.1. The van der Waals surface area contributed by atoms with Crippen LogP contribution in [0.5, 0.6) is 5.75 Å². The molecule has 0 radical (unpaired) electrons. The first-order chi connectivity index (χ1) is 8.33. The highest BCUT2D eigenvalue weighted by molar-refractivity contribution is 5.51. The first kappa shape index (κ1) is 10.1. The molecule has 1 aliphatic heterocycles. The fourth-order valence-corrected chi connectivity index (χ4v) is 1.90. The van der Waals surface area contributed by atoms with Crippen LogP contribution >= 0.6 is 0 Å². The quantitative estimate of drug-likeness (QED) is 0.818. The second kappa shape index (κ2) is 4.05. The van der Waals surface area contributed by atoms with Gasteiger partial charge in [-0.2, -0.15) is 0 Å². The average Bonchev–Trinajstić information content (AvgIpc) is 2.38. The third-order valence-electron chi connectivity index (χ3n) is 2.72. The van der Waals surface area contributed by atoms with Crippen LogP contribution in [0.2, 0.25) is 0 Å². The van der Waals surface area contributed by atoms with Crippen molar-refractivity contribution >= 4 is 5.82 Å². The minimum absolute atomic E-state index is 0.178. The van der Waals surface area contributed by atoms with Gasteiger partial charge < -0.3 is 10.1 Å². The Bertz CT molecular complexity index is 544. The number of rotatable bonds is 1. The summed E-state index contributed by atoms with van der Waals surface area (Å²) in [5.74, 6) is 1.19. The molecule has 0 fully saturated rings. The lowest BCUT2D eigenvalue weighted by Crippen LogP contribution is -2.24. The summed E-state index contributed by atoms with van der Waals surface area (Å²) in [7, 11) is 0. The van der Waals surface area contributed by atoms with E-state index in [-0.39, 0.29) is 11.9 Å². The molecule has 3 nitrogen and oxygen atoms in total. The van der Waals surface area contributed by atoms with Gasteiger partial charge in [0.05, 0.1) is 6.54 Å². The van der Waals surface area contributed by atoms with E-state index in [4.69, 9.17) is 4.74 Å². The molecule has 1 N–H and O–H groups in total. The summed E-state index contributed by atoms with van der Waals surface area (Å²) in [4.78, 5) is 4.15. The van der Waals surface area contributed by atoms with Crippen molar-refractivity contribution in [3.05, 3.63) is 54.0 Å². The maximum absolute atomic E-state index is 13.1. The number of nitrogens with zero attached hydrogens (tertiary/aromatic N) is 1. The zero-order valence-electron chi connectivity index (χ0n) is 9.06. The molecular weight excluding hydrogens is 219 g/mol. The Balaban J connectivity index is 1.89. The van der Waals surface area contributed by atoms with Crippen LogP contribution in [0, 0.1) is 5.82 Å². The van der Waals surface area contributed by atoms with E-state index >= 15 is 0 Å². The SMILES string of the molecule is Fc1cccc(C2CNc3ncccc3O2)c1. The van der Waals surface area contributed by atoms with Crippen LogP contribution in [0.15, 0.2) is 42.6 Å². The molecule has 17 heavy (non-hydrogen) atoms. The van der Waals surface area contributed by atoms with Gasteiger partial charge >= 0.3 is 0 Å². The molecule has 0 spiro atoms. The molecule has 0 saturated carbocycles. The highest BCUT2D eigenvalue weighted by Crippen LogP contribution is 2.32. The van der Waals surface area contributed by atoms with Crippen LogP contribution in [0.4, 0.5) is 10.2 Å². The number of hydrogen-bond donors (Lipinski definition) is 1. The van der Waals surface area contributed by atoms with E-state index in [0.29, 0.717) is 12.3 Å². The molecule has 0 aliphatic carbocycles. The number of fused-ring (bicyclic) bond motifs is 1. The molecule has 86 valence electrons.